The molecule has 3 aromatic rings. The van der Waals surface area contributed by atoms with Crippen molar-refractivity contribution >= 4 is 5.97 Å². The molecule has 0 aromatic heterocycles. The lowest BCUT2D eigenvalue weighted by molar-refractivity contribution is 0.0735. The van der Waals surface area contributed by atoms with Crippen molar-refractivity contribution in [2.24, 2.45) is 0 Å². The van der Waals surface area contributed by atoms with Gasteiger partial charge in [-0.1, -0.05) is 68.8 Å². The van der Waals surface area contributed by atoms with Crippen LogP contribution in [0.15, 0.2) is 72.8 Å². The summed E-state index contributed by atoms with van der Waals surface area (Å²) in [7, 11) is 0. The number of carbonyl (C=O) groups is 1. The van der Waals surface area contributed by atoms with E-state index in [4.69, 9.17) is 4.74 Å². The Labute approximate surface area is 161 Å². The summed E-state index contributed by atoms with van der Waals surface area (Å²) >= 11 is 0. The van der Waals surface area contributed by atoms with Gasteiger partial charge in [0.15, 0.2) is 0 Å². The fourth-order valence-electron chi connectivity index (χ4n) is 3.00. The molecular weight excluding hydrogens is 332 g/mol. The monoisotopic (exact) mass is 358 g/mol. The molecule has 2 nitrogen and oxygen atoms in total. The van der Waals surface area contributed by atoms with E-state index < -0.39 is 0 Å². The van der Waals surface area contributed by atoms with Crippen molar-refractivity contribution in [3.05, 3.63) is 89.5 Å². The predicted octanol–water partition coefficient (Wildman–Crippen LogP) is 6.48. The van der Waals surface area contributed by atoms with Crippen LogP contribution in [0.3, 0.4) is 0 Å². The molecule has 0 unspecified atom stereocenters. The van der Waals surface area contributed by atoms with Gasteiger partial charge in [0.25, 0.3) is 0 Å². The Morgan fingerprint density at radius 3 is 1.85 bits per heavy atom. The zero-order valence-corrected chi connectivity index (χ0v) is 16.1. The largest absolute Gasteiger partial charge is 0.423 e. The standard InChI is InChI=1S/C25H26O2/c1-3-5-6-20-9-17-24(18-10-20)27-25(26)23-15-13-22(14-16-23)21-11-7-19(4-2)8-12-21/h7-18H,3-6H2,1-2H3. The van der Waals surface area contributed by atoms with Gasteiger partial charge in [0.05, 0.1) is 5.56 Å². The van der Waals surface area contributed by atoms with Crippen molar-refractivity contribution < 1.29 is 9.53 Å². The van der Waals surface area contributed by atoms with E-state index in [2.05, 4.69) is 38.1 Å². The van der Waals surface area contributed by atoms with Gasteiger partial charge in [-0.15, -0.1) is 0 Å². The lowest BCUT2D eigenvalue weighted by atomic mass is 10.0. The van der Waals surface area contributed by atoms with E-state index >= 15 is 0 Å². The van der Waals surface area contributed by atoms with Crippen LogP contribution in [0, 0.1) is 0 Å². The summed E-state index contributed by atoms with van der Waals surface area (Å²) in [5.74, 6) is 0.253. The molecule has 0 saturated carbocycles. The zero-order valence-electron chi connectivity index (χ0n) is 16.1. The highest BCUT2D eigenvalue weighted by Crippen LogP contribution is 2.22. The summed E-state index contributed by atoms with van der Waals surface area (Å²) in [6.45, 7) is 4.33. The highest BCUT2D eigenvalue weighted by atomic mass is 16.5. The van der Waals surface area contributed by atoms with Crippen LogP contribution < -0.4 is 4.74 Å². The average molecular weight is 358 g/mol. The molecule has 0 heterocycles. The average Bonchev–Trinajstić information content (AvgIpc) is 2.73. The Balaban J connectivity index is 1.64. The van der Waals surface area contributed by atoms with Gasteiger partial charge < -0.3 is 4.74 Å². The summed E-state index contributed by atoms with van der Waals surface area (Å²) in [5.41, 5.74) is 5.39. The van der Waals surface area contributed by atoms with E-state index in [1.54, 1.807) is 0 Å². The number of esters is 1. The van der Waals surface area contributed by atoms with Crippen LogP contribution in [-0.2, 0) is 12.8 Å². The summed E-state index contributed by atoms with van der Waals surface area (Å²) < 4.78 is 5.50. The number of hydrogen-bond donors (Lipinski definition) is 0. The van der Waals surface area contributed by atoms with Crippen LogP contribution in [-0.4, -0.2) is 5.97 Å². The predicted molar refractivity (Wildman–Crippen MR) is 111 cm³/mol. The van der Waals surface area contributed by atoms with Gasteiger partial charge in [0, 0.05) is 0 Å². The molecule has 0 fully saturated rings. The third kappa shape index (κ3) is 5.07. The minimum absolute atomic E-state index is 0.329. The van der Waals surface area contributed by atoms with E-state index in [1.807, 2.05) is 48.5 Å². The van der Waals surface area contributed by atoms with Gasteiger partial charge in [-0.05, 0) is 65.8 Å². The van der Waals surface area contributed by atoms with Crippen molar-refractivity contribution in [1.29, 1.82) is 0 Å². The van der Waals surface area contributed by atoms with Crippen LogP contribution >= 0.6 is 0 Å². The van der Waals surface area contributed by atoms with E-state index in [9.17, 15) is 4.79 Å². The Morgan fingerprint density at radius 1 is 0.741 bits per heavy atom. The van der Waals surface area contributed by atoms with Crippen molar-refractivity contribution in [2.75, 3.05) is 0 Å². The van der Waals surface area contributed by atoms with Gasteiger partial charge in [0.2, 0.25) is 0 Å². The van der Waals surface area contributed by atoms with Gasteiger partial charge in [-0.2, -0.15) is 0 Å². The lowest BCUT2D eigenvalue weighted by Gasteiger charge is -2.07. The lowest BCUT2D eigenvalue weighted by Crippen LogP contribution is -2.08. The third-order valence-corrected chi connectivity index (χ3v) is 4.77. The highest BCUT2D eigenvalue weighted by Gasteiger charge is 2.09. The van der Waals surface area contributed by atoms with Crippen LogP contribution in [0.1, 0.15) is 48.2 Å². The van der Waals surface area contributed by atoms with Crippen molar-refractivity contribution in [3.8, 4) is 16.9 Å². The minimum atomic E-state index is -0.329. The Bertz CT molecular complexity index is 860. The summed E-state index contributed by atoms with van der Waals surface area (Å²) in [6, 6.07) is 23.9. The maximum absolute atomic E-state index is 12.4. The molecule has 0 amide bonds. The summed E-state index contributed by atoms with van der Waals surface area (Å²) in [5, 5.41) is 0. The second-order valence-corrected chi connectivity index (χ2v) is 6.76. The number of unbranched alkanes of at least 4 members (excludes halogenated alkanes) is 1. The van der Waals surface area contributed by atoms with E-state index in [1.165, 1.54) is 24.0 Å². The number of hydrogen-bond acceptors (Lipinski definition) is 2. The maximum atomic E-state index is 12.4. The maximum Gasteiger partial charge on any atom is 0.343 e. The fourth-order valence-corrected chi connectivity index (χ4v) is 3.00. The second kappa shape index (κ2) is 9.18. The zero-order chi connectivity index (χ0) is 19.1. The van der Waals surface area contributed by atoms with Crippen LogP contribution in [0.5, 0.6) is 5.75 Å². The molecule has 0 bridgehead atoms. The molecule has 0 aliphatic heterocycles. The second-order valence-electron chi connectivity index (χ2n) is 6.76. The van der Waals surface area contributed by atoms with Gasteiger partial charge in [-0.25, -0.2) is 4.79 Å². The van der Waals surface area contributed by atoms with E-state index in [-0.39, 0.29) is 5.97 Å². The van der Waals surface area contributed by atoms with Crippen LogP contribution in [0.2, 0.25) is 0 Å². The van der Waals surface area contributed by atoms with Gasteiger partial charge in [-0.3, -0.25) is 0 Å². The molecule has 138 valence electrons. The van der Waals surface area contributed by atoms with E-state index in [0.717, 1.165) is 24.0 Å². The van der Waals surface area contributed by atoms with Crippen molar-refractivity contribution in [2.45, 2.75) is 39.5 Å². The first-order chi connectivity index (χ1) is 13.2. The molecular formula is C25H26O2. The molecule has 3 rings (SSSR count). The highest BCUT2D eigenvalue weighted by molar-refractivity contribution is 5.91. The summed E-state index contributed by atoms with van der Waals surface area (Å²) in [6.07, 6.45) is 4.44. The van der Waals surface area contributed by atoms with Gasteiger partial charge in [0.1, 0.15) is 5.75 Å². The SMILES string of the molecule is CCCCc1ccc(OC(=O)c2ccc(-c3ccc(CC)cc3)cc2)cc1. The topological polar surface area (TPSA) is 26.3 Å². The van der Waals surface area contributed by atoms with Crippen LogP contribution in [0.4, 0.5) is 0 Å². The number of ether oxygens (including phenoxy) is 1. The Hall–Kier alpha value is -2.87. The number of benzene rings is 3. The molecule has 3 aromatic carbocycles. The minimum Gasteiger partial charge on any atom is -0.423 e. The molecule has 0 saturated heterocycles. The molecule has 0 spiro atoms. The molecule has 0 aliphatic carbocycles. The quantitative estimate of drug-likeness (QED) is 0.357. The molecule has 0 N–H and O–H groups in total. The van der Waals surface area contributed by atoms with E-state index in [0.29, 0.717) is 11.3 Å². The normalized spacial score (nSPS) is 10.6. The fraction of sp³-hybridized carbons (Fsp3) is 0.240. The molecule has 0 aliphatic rings. The molecule has 0 atom stereocenters. The Kier molecular flexibility index (Phi) is 6.43. The molecule has 0 radical (unpaired) electrons. The van der Waals surface area contributed by atoms with Crippen LogP contribution in [0.25, 0.3) is 11.1 Å². The third-order valence-electron chi connectivity index (χ3n) is 4.77. The Morgan fingerprint density at radius 2 is 1.30 bits per heavy atom. The summed E-state index contributed by atoms with van der Waals surface area (Å²) in [4.78, 5) is 12.4. The van der Waals surface area contributed by atoms with Crippen molar-refractivity contribution in [1.82, 2.24) is 0 Å². The number of aryl methyl sites for hydroxylation is 2. The smallest absolute Gasteiger partial charge is 0.343 e. The first-order valence-electron chi connectivity index (χ1n) is 9.70. The first kappa shape index (κ1) is 18.9. The van der Waals surface area contributed by atoms with Gasteiger partial charge >= 0.3 is 5.97 Å². The molecule has 2 heteroatoms. The number of rotatable bonds is 7. The molecule has 27 heavy (non-hydrogen) atoms. The number of carbonyl (C=O) groups excluding carboxylic acids is 1. The van der Waals surface area contributed by atoms with Crippen molar-refractivity contribution in [3.63, 3.8) is 0 Å². The first-order valence-corrected chi connectivity index (χ1v) is 9.70.